The number of alkyl halides is 1. The molecule has 0 saturated carbocycles. The lowest BCUT2D eigenvalue weighted by Gasteiger charge is -2.16. The van der Waals surface area contributed by atoms with E-state index in [2.05, 4.69) is 15.8 Å². The number of halogens is 2. The van der Waals surface area contributed by atoms with E-state index >= 15 is 0 Å². The molecular weight excluding hydrogens is 303 g/mol. The molecule has 106 valence electrons. The van der Waals surface area contributed by atoms with E-state index in [4.69, 9.17) is 27.6 Å². The zero-order valence-electron chi connectivity index (χ0n) is 10.3. The summed E-state index contributed by atoms with van der Waals surface area (Å²) >= 11 is 11.6. The molecule has 1 aromatic carbocycles. The lowest BCUT2D eigenvalue weighted by molar-refractivity contribution is 0.0761. The fraction of sp³-hybridized carbons (Fsp3) is 0.333. The van der Waals surface area contributed by atoms with Crippen LogP contribution in [0.15, 0.2) is 39.0 Å². The zero-order valence-corrected chi connectivity index (χ0v) is 11.8. The van der Waals surface area contributed by atoms with Crippen LogP contribution < -0.4 is 5.43 Å². The number of nitrogens with one attached hydrogen (secondary N) is 1. The van der Waals surface area contributed by atoms with Crippen LogP contribution in [-0.2, 0) is 0 Å². The van der Waals surface area contributed by atoms with Gasteiger partial charge >= 0.3 is 0 Å². The van der Waals surface area contributed by atoms with Gasteiger partial charge in [0.15, 0.2) is 6.17 Å². The van der Waals surface area contributed by atoms with Crippen molar-refractivity contribution in [2.45, 2.75) is 12.3 Å². The predicted molar refractivity (Wildman–Crippen MR) is 75.4 cm³/mol. The van der Waals surface area contributed by atoms with Gasteiger partial charge in [0, 0.05) is 10.4 Å². The Hall–Kier alpha value is -1.34. The molecule has 0 bridgehead atoms. The maximum Gasteiger partial charge on any atom is 0.154 e. The Morgan fingerprint density at radius 2 is 2.30 bits per heavy atom. The van der Waals surface area contributed by atoms with Gasteiger partial charge in [-0.05, 0) is 24.3 Å². The molecule has 0 saturated heterocycles. The predicted octanol–water partition coefficient (Wildman–Crippen LogP) is 2.87. The van der Waals surface area contributed by atoms with Crippen LogP contribution in [0.4, 0.5) is 0 Å². The number of hydrogen-bond acceptors (Lipinski definition) is 6. The molecule has 1 unspecified atom stereocenters. The second-order valence-electron chi connectivity index (χ2n) is 4.43. The van der Waals surface area contributed by atoms with E-state index in [1.165, 1.54) is 5.12 Å². The average Bonchev–Trinajstić information content (AvgIpc) is 3.04. The SMILES string of the molecule is O[C@@H](CN1N=NC(CCl)N1)c1cc2cc(Cl)ccc2o1. The third-order valence-corrected chi connectivity index (χ3v) is 3.44. The highest BCUT2D eigenvalue weighted by molar-refractivity contribution is 6.31. The molecule has 1 aromatic heterocycles. The highest BCUT2D eigenvalue weighted by Gasteiger charge is 2.22. The fourth-order valence-corrected chi connectivity index (χ4v) is 2.27. The van der Waals surface area contributed by atoms with Gasteiger partial charge in [0.1, 0.15) is 17.4 Å². The molecule has 3 rings (SSSR count). The Bertz CT molecular complexity index is 645. The molecule has 0 aliphatic carbocycles. The number of fused-ring (bicyclic) bond motifs is 1. The lowest BCUT2D eigenvalue weighted by atomic mass is 10.2. The van der Waals surface area contributed by atoms with E-state index in [1.54, 1.807) is 24.3 Å². The summed E-state index contributed by atoms with van der Waals surface area (Å²) in [6.07, 6.45) is -1.08. The van der Waals surface area contributed by atoms with Crippen LogP contribution in [-0.4, -0.2) is 28.8 Å². The van der Waals surface area contributed by atoms with Gasteiger partial charge in [-0.25, -0.2) is 5.12 Å². The minimum atomic E-state index is -0.832. The summed E-state index contributed by atoms with van der Waals surface area (Å²) in [5, 5.41) is 20.8. The van der Waals surface area contributed by atoms with Gasteiger partial charge < -0.3 is 9.52 Å². The molecule has 1 aliphatic rings. The lowest BCUT2D eigenvalue weighted by Crippen LogP contribution is -2.38. The number of furan rings is 1. The summed E-state index contributed by atoms with van der Waals surface area (Å²) in [6, 6.07) is 7.06. The summed E-state index contributed by atoms with van der Waals surface area (Å²) < 4.78 is 5.59. The smallest absolute Gasteiger partial charge is 0.154 e. The normalized spacial score (nSPS) is 19.9. The molecule has 6 nitrogen and oxygen atoms in total. The van der Waals surface area contributed by atoms with E-state index in [1.807, 2.05) is 0 Å². The van der Waals surface area contributed by atoms with Crippen molar-refractivity contribution >= 4 is 34.2 Å². The largest absolute Gasteiger partial charge is 0.458 e. The van der Waals surface area contributed by atoms with Crippen LogP contribution in [0.1, 0.15) is 11.9 Å². The number of hydrazine groups is 1. The van der Waals surface area contributed by atoms with E-state index in [-0.39, 0.29) is 12.7 Å². The van der Waals surface area contributed by atoms with Crippen molar-refractivity contribution in [1.29, 1.82) is 0 Å². The van der Waals surface area contributed by atoms with Crippen LogP contribution in [0.2, 0.25) is 5.02 Å². The van der Waals surface area contributed by atoms with Gasteiger partial charge in [-0.1, -0.05) is 16.8 Å². The first kappa shape index (κ1) is 13.6. The second kappa shape index (κ2) is 5.57. The summed E-state index contributed by atoms with van der Waals surface area (Å²) in [5.41, 5.74) is 3.61. The van der Waals surface area contributed by atoms with Crippen molar-refractivity contribution in [1.82, 2.24) is 10.5 Å². The highest BCUT2D eigenvalue weighted by atomic mass is 35.5. The monoisotopic (exact) mass is 314 g/mol. The molecule has 2 atom stereocenters. The maximum absolute atomic E-state index is 10.2. The molecule has 8 heteroatoms. The average molecular weight is 315 g/mol. The molecule has 2 aromatic rings. The van der Waals surface area contributed by atoms with Crippen molar-refractivity contribution in [3.05, 3.63) is 35.0 Å². The number of aliphatic hydroxyl groups is 1. The third kappa shape index (κ3) is 2.73. The van der Waals surface area contributed by atoms with Crippen molar-refractivity contribution in [3.8, 4) is 0 Å². The van der Waals surface area contributed by atoms with Crippen molar-refractivity contribution in [2.24, 2.45) is 10.3 Å². The molecular formula is C12H12Cl2N4O2. The first-order valence-electron chi connectivity index (χ1n) is 6.03. The Morgan fingerprint density at radius 3 is 3.05 bits per heavy atom. The maximum atomic E-state index is 10.2. The minimum Gasteiger partial charge on any atom is -0.458 e. The first-order chi connectivity index (χ1) is 9.65. The zero-order chi connectivity index (χ0) is 14.1. The number of aliphatic hydroxyl groups excluding tert-OH is 1. The Balaban J connectivity index is 1.72. The number of benzene rings is 1. The van der Waals surface area contributed by atoms with Crippen LogP contribution in [0.5, 0.6) is 0 Å². The van der Waals surface area contributed by atoms with Crippen LogP contribution in [0.3, 0.4) is 0 Å². The molecule has 20 heavy (non-hydrogen) atoms. The van der Waals surface area contributed by atoms with E-state index < -0.39 is 6.10 Å². The van der Waals surface area contributed by atoms with Crippen LogP contribution in [0, 0.1) is 0 Å². The van der Waals surface area contributed by atoms with Crippen molar-refractivity contribution in [2.75, 3.05) is 12.4 Å². The summed E-state index contributed by atoms with van der Waals surface area (Å²) in [5.74, 6) is 0.771. The van der Waals surface area contributed by atoms with E-state index in [9.17, 15) is 5.11 Å². The molecule has 0 radical (unpaired) electrons. The van der Waals surface area contributed by atoms with Crippen LogP contribution >= 0.6 is 23.2 Å². The first-order valence-corrected chi connectivity index (χ1v) is 6.94. The summed E-state index contributed by atoms with van der Waals surface area (Å²) in [4.78, 5) is 0. The van der Waals surface area contributed by atoms with Gasteiger partial charge in [0.05, 0.1) is 12.4 Å². The number of β-amino-alcohol motifs (C(OH)–C–C–N with tert-alkyl or cyclic N) is 1. The van der Waals surface area contributed by atoms with Gasteiger partial charge in [0.25, 0.3) is 0 Å². The van der Waals surface area contributed by atoms with Gasteiger partial charge in [-0.15, -0.1) is 16.7 Å². The Kier molecular flexibility index (Phi) is 3.80. The standard InChI is InChI=1S/C12H12Cl2N4O2/c13-5-12-15-17-18(16-12)6-9(19)11-4-7-3-8(14)1-2-10(7)20-11/h1-4,9,12,16,19H,5-6H2/t9-,12?/m0/s1. The molecule has 0 spiro atoms. The molecule has 1 aliphatic heterocycles. The van der Waals surface area contributed by atoms with Gasteiger partial charge in [0.2, 0.25) is 0 Å². The van der Waals surface area contributed by atoms with Crippen molar-refractivity contribution in [3.63, 3.8) is 0 Å². The molecule has 0 amide bonds. The van der Waals surface area contributed by atoms with Gasteiger partial charge in [-0.3, -0.25) is 0 Å². The second-order valence-corrected chi connectivity index (χ2v) is 5.18. The molecule has 2 heterocycles. The number of rotatable bonds is 4. The molecule has 2 N–H and O–H groups in total. The van der Waals surface area contributed by atoms with Crippen LogP contribution in [0.25, 0.3) is 11.0 Å². The number of hydrogen-bond donors (Lipinski definition) is 2. The Morgan fingerprint density at radius 1 is 1.45 bits per heavy atom. The van der Waals surface area contributed by atoms with Gasteiger partial charge in [-0.2, -0.15) is 5.43 Å². The summed E-state index contributed by atoms with van der Waals surface area (Å²) in [6.45, 7) is 0.213. The number of nitrogens with zero attached hydrogens (tertiary/aromatic N) is 3. The Labute approximate surface area is 124 Å². The third-order valence-electron chi connectivity index (χ3n) is 2.91. The topological polar surface area (TPSA) is 73.4 Å². The van der Waals surface area contributed by atoms with E-state index in [0.29, 0.717) is 22.2 Å². The minimum absolute atomic E-state index is 0.213. The quantitative estimate of drug-likeness (QED) is 0.851. The van der Waals surface area contributed by atoms with E-state index in [0.717, 1.165) is 5.39 Å². The van der Waals surface area contributed by atoms with Crippen molar-refractivity contribution < 1.29 is 9.52 Å². The summed E-state index contributed by atoms with van der Waals surface area (Å²) in [7, 11) is 0. The molecule has 0 fully saturated rings. The fourth-order valence-electron chi connectivity index (χ4n) is 1.96. The highest BCUT2D eigenvalue weighted by Crippen LogP contribution is 2.27.